The first kappa shape index (κ1) is 94.9. The van der Waals surface area contributed by atoms with Crippen molar-refractivity contribution in [2.45, 2.75) is 198 Å². The number of piperidine rings is 3. The number of carbonyl (C=O) groups is 3. The van der Waals surface area contributed by atoms with Gasteiger partial charge in [-0.25, -0.2) is 15.0 Å². The average molecular weight is 1880 g/mol. The molecule has 19 rings (SSSR count). The van der Waals surface area contributed by atoms with Crippen LogP contribution in [0, 0.1) is 31.6 Å². The molecule has 10 aliphatic heterocycles. The highest BCUT2D eigenvalue weighted by molar-refractivity contribution is 7.14. The highest BCUT2D eigenvalue weighted by atomic mass is 35.5. The van der Waals surface area contributed by atoms with Crippen molar-refractivity contribution in [3.8, 4) is 51.0 Å². The molecule has 10 aliphatic rings. The van der Waals surface area contributed by atoms with E-state index in [1.807, 2.05) is 65.4 Å². The van der Waals surface area contributed by atoms with E-state index in [-0.39, 0.29) is 24.4 Å². The summed E-state index contributed by atoms with van der Waals surface area (Å²) < 4.78 is 53.4. The number of hydrogen-bond acceptors (Lipinski definition) is 23. The molecule has 0 saturated carbocycles. The summed E-state index contributed by atoms with van der Waals surface area (Å²) in [4.78, 5) is 64.7. The molecule has 0 spiro atoms. The van der Waals surface area contributed by atoms with E-state index in [1.165, 1.54) is 67.2 Å². The second-order valence-electron chi connectivity index (χ2n) is 37.3. The number of aliphatic carboxylic acids is 3. The Bertz CT molecular complexity index is 5240. The lowest BCUT2D eigenvalue weighted by Gasteiger charge is -2.47. The van der Waals surface area contributed by atoms with E-state index in [0.717, 1.165) is 228 Å². The van der Waals surface area contributed by atoms with Crippen LogP contribution in [0.3, 0.4) is 0 Å². The minimum Gasteiger partial charge on any atom is -0.488 e. The number of anilines is 3. The molecule has 704 valence electrons. The van der Waals surface area contributed by atoms with Crippen molar-refractivity contribution in [1.82, 2.24) is 29.7 Å². The summed E-state index contributed by atoms with van der Waals surface area (Å²) in [5, 5.41) is 35.7. The largest absolute Gasteiger partial charge is 0.488 e. The Labute approximate surface area is 794 Å². The quantitative estimate of drug-likeness (QED) is 0.0538. The normalized spacial score (nSPS) is 23.7. The predicted molar refractivity (Wildman–Crippen MR) is 518 cm³/mol. The third-order valence-corrected chi connectivity index (χ3v) is 31.6. The molecule has 28 heteroatoms. The minimum atomic E-state index is -0.812. The zero-order chi connectivity index (χ0) is 91.5. The zero-order valence-corrected chi connectivity index (χ0v) is 80.1. The molecule has 7 saturated heterocycles. The number of benzene rings is 6. The van der Waals surface area contributed by atoms with Gasteiger partial charge in [-0.2, -0.15) is 0 Å². The molecule has 3 N–H and O–H groups in total. The molecule has 0 bridgehead atoms. The molecule has 0 radical (unpaired) electrons. The fraction of sp³-hybridized carbons (Fsp3) is 0.519. The maximum absolute atomic E-state index is 12.0. The number of ether oxygens (including phenoxy) is 9. The van der Waals surface area contributed by atoms with E-state index in [4.69, 9.17) is 80.8 Å². The third kappa shape index (κ3) is 22.1. The van der Waals surface area contributed by atoms with E-state index < -0.39 is 35.7 Å². The first-order chi connectivity index (χ1) is 64.3. The molecule has 0 aliphatic carbocycles. The van der Waals surface area contributed by atoms with Gasteiger partial charge in [-0.3, -0.25) is 29.1 Å². The van der Waals surface area contributed by atoms with Gasteiger partial charge in [0.1, 0.15) is 42.9 Å². The molecule has 6 aromatic carbocycles. The van der Waals surface area contributed by atoms with Gasteiger partial charge in [0.05, 0.1) is 69.2 Å². The van der Waals surface area contributed by atoms with Crippen LogP contribution in [0.25, 0.3) is 33.8 Å². The number of rotatable bonds is 23. The number of pyridine rings is 1. The van der Waals surface area contributed by atoms with E-state index in [1.54, 1.807) is 14.2 Å². The van der Waals surface area contributed by atoms with E-state index in [9.17, 15) is 29.7 Å². The second-order valence-corrected chi connectivity index (χ2v) is 39.7. The van der Waals surface area contributed by atoms with Crippen molar-refractivity contribution >= 4 is 79.9 Å². The number of aryl methyl sites for hydroxylation is 1. The molecule has 132 heavy (non-hydrogen) atoms. The number of hydrogen-bond donors (Lipinski definition) is 3. The number of carboxylic acid groups (broad SMARTS) is 3. The maximum atomic E-state index is 12.0. The first-order valence-corrected chi connectivity index (χ1v) is 50.2. The molecular weight excluding hydrogens is 1750 g/mol. The van der Waals surface area contributed by atoms with Crippen LogP contribution in [0.4, 0.5) is 16.1 Å². The fourth-order valence-corrected chi connectivity index (χ4v) is 24.0. The summed E-state index contributed by atoms with van der Waals surface area (Å²) in [6.45, 7) is 25.7. The smallest absolute Gasteiger partial charge is 0.309 e. The van der Waals surface area contributed by atoms with Crippen molar-refractivity contribution in [3.05, 3.63) is 203 Å². The number of halogens is 2. The first-order valence-electron chi connectivity index (χ1n) is 47.6. The summed E-state index contributed by atoms with van der Waals surface area (Å²) >= 11 is 16.4. The molecule has 3 aromatic heterocycles. The Morgan fingerprint density at radius 2 is 0.932 bits per heavy atom. The highest BCUT2D eigenvalue weighted by Crippen LogP contribution is 2.45. The van der Waals surface area contributed by atoms with Gasteiger partial charge in [-0.15, -0.1) is 22.7 Å². The number of fused-ring (bicyclic) bond motifs is 4. The molecule has 7 fully saturated rings. The second kappa shape index (κ2) is 44.3. The number of para-hydroxylation sites is 3. The molecule has 13 heterocycles. The standard InChI is InChI=1S/C38H47N3O5.2C33H40ClN3O5S/c1-25-6-3-7-31(33-8-4-10-35(39-33)41-20-15-32(38(42)43)37-34(41)9-5-21-45-37)36(25)46-24-28-12-11-27-13-18-40(19-14-30(27)26(28)2)29-16-22-44-23-17-29;2*1-21-17-36(24-10-14-41-15-11-24)12-8-23-16-22(6-7-25(21)23)19-42-31-26(4-3-5-28(31)34)29-20-43-33(35-29)37-13-9-27(32(38)39)30(18-37)40-2/h3-4,6-8,10-12,29,32,34,37H,5,9,13-24H2,1-2H3,(H,42,43);2*3-7,16,20-21,24,27,30H,8-15,17-19H2,1-2H3,(H,38,39)/t32-,34+,37-;2*21-,27-,30+/m111/s1. The number of aromatic nitrogens is 3. The Morgan fingerprint density at radius 1 is 0.462 bits per heavy atom. The molecule has 9 atom stereocenters. The number of methoxy groups -OCH3 is 2. The Balaban J connectivity index is 0.000000138. The predicted octanol–water partition coefficient (Wildman–Crippen LogP) is 18.2. The van der Waals surface area contributed by atoms with Crippen LogP contribution in [-0.2, 0) is 88.3 Å². The Kier molecular flexibility index (Phi) is 31.9. The van der Waals surface area contributed by atoms with Crippen LogP contribution >= 0.6 is 45.9 Å². The van der Waals surface area contributed by atoms with Crippen LogP contribution in [0.5, 0.6) is 17.2 Å². The third-order valence-electron chi connectivity index (χ3n) is 29.2. The van der Waals surface area contributed by atoms with Crippen LogP contribution in [0.15, 0.2) is 132 Å². The van der Waals surface area contributed by atoms with E-state index in [2.05, 4.69) is 124 Å². The lowest BCUT2D eigenvalue weighted by atomic mass is 9.84. The minimum absolute atomic E-state index is 0.0134. The average Bonchev–Trinajstić information content (AvgIpc) is 1.13. The topological polar surface area (TPSA) is 253 Å². The van der Waals surface area contributed by atoms with Gasteiger partial charge in [-0.05, 0) is 226 Å². The highest BCUT2D eigenvalue weighted by Gasteiger charge is 2.45. The summed E-state index contributed by atoms with van der Waals surface area (Å²) in [5.41, 5.74) is 19.7. The van der Waals surface area contributed by atoms with Crippen LogP contribution in [0.1, 0.15) is 158 Å². The van der Waals surface area contributed by atoms with Crippen LogP contribution < -0.4 is 28.9 Å². The van der Waals surface area contributed by atoms with Crippen molar-refractivity contribution in [2.75, 3.05) is 147 Å². The number of thiazole rings is 2. The van der Waals surface area contributed by atoms with Gasteiger partial charge in [0.2, 0.25) is 0 Å². The molecule has 0 amide bonds. The van der Waals surface area contributed by atoms with Gasteiger partial charge in [0.25, 0.3) is 0 Å². The van der Waals surface area contributed by atoms with E-state index >= 15 is 0 Å². The Hall–Kier alpha value is -8.84. The maximum Gasteiger partial charge on any atom is 0.309 e. The number of carboxylic acids is 3. The van der Waals surface area contributed by atoms with E-state index in [0.29, 0.717) is 130 Å². The lowest BCUT2D eigenvalue weighted by Crippen LogP contribution is -2.57. The van der Waals surface area contributed by atoms with Crippen LogP contribution in [-0.4, -0.2) is 238 Å². The van der Waals surface area contributed by atoms with Crippen molar-refractivity contribution < 1.29 is 72.3 Å². The van der Waals surface area contributed by atoms with Gasteiger partial charge in [-0.1, -0.05) is 116 Å². The van der Waals surface area contributed by atoms with Gasteiger partial charge in [0.15, 0.2) is 10.3 Å². The summed E-state index contributed by atoms with van der Waals surface area (Å²) in [7, 11) is 3.14. The van der Waals surface area contributed by atoms with Crippen LogP contribution in [0.2, 0.25) is 10.0 Å². The summed E-state index contributed by atoms with van der Waals surface area (Å²) in [6, 6.07) is 43.9. The molecule has 9 aromatic rings. The fourth-order valence-electron chi connectivity index (χ4n) is 21.8. The van der Waals surface area contributed by atoms with Crippen molar-refractivity contribution in [2.24, 2.45) is 17.8 Å². The van der Waals surface area contributed by atoms with Crippen molar-refractivity contribution in [3.63, 3.8) is 0 Å². The molecule has 24 nitrogen and oxygen atoms in total. The van der Waals surface area contributed by atoms with Crippen molar-refractivity contribution in [1.29, 1.82) is 0 Å². The van der Waals surface area contributed by atoms with Gasteiger partial charge < -0.3 is 72.7 Å². The Morgan fingerprint density at radius 3 is 1.45 bits per heavy atom. The summed E-state index contributed by atoms with van der Waals surface area (Å²) in [6.07, 6.45) is 13.4. The van der Waals surface area contributed by atoms with Gasteiger partial charge in [0, 0.05) is 178 Å². The SMILES string of the molecule is CO[C@H]1CN(c2nc(-c3cccc(Cl)c3OCc3ccc4c(c3)CCN(C3CCOCC3)C[C@H]4C)cs2)CC[C@H]1C(=O)O.CO[C@H]1CN(c2nc(-c3cccc(Cl)c3OCc3ccc4c(c3)CCN(C3CCOCC3)C[C@H]4C)cs2)CC[C@H]1C(=O)O.Cc1cccc(-c2cccc(N3CC[C@@H](C(=O)O)[C@H]4OCCC[C@@H]43)n2)c1OCc1ccc2c(c1C)CCN(C1CCOCC1)CC2. The monoisotopic (exact) mass is 1880 g/mol. The molecular formula is C104H127Cl2N9O15S2. The summed E-state index contributed by atoms with van der Waals surface area (Å²) in [5.74, 6) is 0.0692. The zero-order valence-electron chi connectivity index (χ0n) is 76.9. The number of nitrogens with zero attached hydrogens (tertiary/aromatic N) is 9. The molecule has 0 unspecified atom stereocenters. The van der Waals surface area contributed by atoms with Gasteiger partial charge >= 0.3 is 17.9 Å². The lowest BCUT2D eigenvalue weighted by molar-refractivity contribution is -0.152.